The molecule has 1 aromatic heterocycles. The minimum absolute atomic E-state index is 0.0279. The first-order valence-electron chi connectivity index (χ1n) is 7.35. The van der Waals surface area contributed by atoms with E-state index >= 15 is 0 Å². The number of carbonyl (C=O) groups is 1. The maximum Gasteiger partial charge on any atom is 0.245 e. The number of benzene rings is 2. The molecule has 2 aromatic carbocycles. The highest BCUT2D eigenvalue weighted by molar-refractivity contribution is 5.97. The quantitative estimate of drug-likeness (QED) is 0.763. The second kappa shape index (κ2) is 5.09. The Hall–Kier alpha value is -2.43. The van der Waals surface area contributed by atoms with E-state index in [1.807, 2.05) is 48.5 Å². The zero-order valence-corrected chi connectivity index (χ0v) is 12.0. The summed E-state index contributed by atoms with van der Waals surface area (Å²) in [5.41, 5.74) is 3.67. The van der Waals surface area contributed by atoms with Crippen LogP contribution in [0, 0.1) is 0 Å². The first-order valence-corrected chi connectivity index (χ1v) is 7.35. The second-order valence-corrected chi connectivity index (χ2v) is 5.57. The van der Waals surface area contributed by atoms with Crippen molar-refractivity contribution in [3.8, 4) is 0 Å². The summed E-state index contributed by atoms with van der Waals surface area (Å²) in [6.45, 7) is 0.989. The number of aliphatic hydroxyl groups is 1. The van der Waals surface area contributed by atoms with Crippen molar-refractivity contribution in [1.82, 2.24) is 9.88 Å². The van der Waals surface area contributed by atoms with Gasteiger partial charge in [-0.2, -0.15) is 0 Å². The van der Waals surface area contributed by atoms with Gasteiger partial charge in [-0.1, -0.05) is 42.5 Å². The highest BCUT2D eigenvalue weighted by atomic mass is 16.3. The van der Waals surface area contributed by atoms with Crippen molar-refractivity contribution in [2.45, 2.75) is 12.6 Å². The zero-order chi connectivity index (χ0) is 15.1. The van der Waals surface area contributed by atoms with E-state index in [0.717, 1.165) is 27.6 Å². The van der Waals surface area contributed by atoms with Crippen LogP contribution in [0.5, 0.6) is 0 Å². The fraction of sp³-hybridized carbons (Fsp3) is 0.167. The fourth-order valence-electron chi connectivity index (χ4n) is 3.15. The van der Waals surface area contributed by atoms with Gasteiger partial charge in [-0.25, -0.2) is 0 Å². The van der Waals surface area contributed by atoms with Crippen molar-refractivity contribution in [3.63, 3.8) is 0 Å². The van der Waals surface area contributed by atoms with Gasteiger partial charge in [0.05, 0.1) is 12.1 Å². The van der Waals surface area contributed by atoms with Gasteiger partial charge in [0.15, 0.2) is 0 Å². The summed E-state index contributed by atoms with van der Waals surface area (Å²) in [5.74, 6) is 0.0279. The molecule has 2 heterocycles. The standard InChI is InChI=1S/C18H16N2O2/c21-16-11-19-10-13-6-7-15(14-8-9-20(16)17(13)14)18(22)12-4-2-1-3-5-12/h1-9,18-19,22H,10-11H2. The van der Waals surface area contributed by atoms with E-state index in [1.165, 1.54) is 0 Å². The Labute approximate surface area is 128 Å². The van der Waals surface area contributed by atoms with Crippen molar-refractivity contribution >= 4 is 16.8 Å². The summed E-state index contributed by atoms with van der Waals surface area (Å²) in [6, 6.07) is 15.4. The van der Waals surface area contributed by atoms with Crippen LogP contribution in [-0.4, -0.2) is 22.1 Å². The van der Waals surface area contributed by atoms with Gasteiger partial charge in [-0.05, 0) is 22.8 Å². The molecule has 0 fully saturated rings. The molecule has 4 rings (SSSR count). The second-order valence-electron chi connectivity index (χ2n) is 5.57. The maximum atomic E-state index is 12.1. The number of hydrogen-bond acceptors (Lipinski definition) is 3. The third-order valence-corrected chi connectivity index (χ3v) is 4.24. The Kier molecular flexibility index (Phi) is 3.06. The largest absolute Gasteiger partial charge is 0.384 e. The predicted molar refractivity (Wildman–Crippen MR) is 84.8 cm³/mol. The lowest BCUT2D eigenvalue weighted by atomic mass is 9.96. The van der Waals surface area contributed by atoms with E-state index < -0.39 is 6.10 Å². The third-order valence-electron chi connectivity index (χ3n) is 4.24. The maximum absolute atomic E-state index is 12.1. The topological polar surface area (TPSA) is 54.3 Å². The lowest BCUT2D eigenvalue weighted by molar-refractivity contribution is 0.0920. The normalized spacial score (nSPS) is 15.8. The Morgan fingerprint density at radius 1 is 1.05 bits per heavy atom. The number of hydrogen-bond donors (Lipinski definition) is 2. The molecular weight excluding hydrogens is 276 g/mol. The molecule has 22 heavy (non-hydrogen) atoms. The van der Waals surface area contributed by atoms with E-state index in [0.29, 0.717) is 13.1 Å². The summed E-state index contributed by atoms with van der Waals surface area (Å²) in [4.78, 5) is 12.1. The summed E-state index contributed by atoms with van der Waals surface area (Å²) in [6.07, 6.45) is 1.10. The molecule has 0 saturated carbocycles. The van der Waals surface area contributed by atoms with Crippen LogP contribution in [0.25, 0.3) is 10.9 Å². The zero-order valence-electron chi connectivity index (χ0n) is 12.0. The fourth-order valence-corrected chi connectivity index (χ4v) is 3.15. The molecule has 1 unspecified atom stereocenters. The lowest BCUT2D eigenvalue weighted by Gasteiger charge is -2.14. The smallest absolute Gasteiger partial charge is 0.245 e. The molecule has 110 valence electrons. The van der Waals surface area contributed by atoms with Crippen LogP contribution in [0.4, 0.5) is 0 Å². The first-order chi connectivity index (χ1) is 10.8. The number of nitrogens with zero attached hydrogens (tertiary/aromatic N) is 1. The molecule has 4 heteroatoms. The van der Waals surface area contributed by atoms with Gasteiger partial charge in [0.25, 0.3) is 0 Å². The van der Waals surface area contributed by atoms with Crippen LogP contribution >= 0.6 is 0 Å². The molecule has 0 spiro atoms. The first kappa shape index (κ1) is 13.2. The van der Waals surface area contributed by atoms with E-state index in [1.54, 1.807) is 10.8 Å². The van der Waals surface area contributed by atoms with Gasteiger partial charge in [0.2, 0.25) is 5.91 Å². The molecule has 1 aliphatic heterocycles. The Morgan fingerprint density at radius 3 is 2.68 bits per heavy atom. The Balaban J connectivity index is 1.92. The van der Waals surface area contributed by atoms with Gasteiger partial charge in [0, 0.05) is 18.1 Å². The molecule has 0 bridgehead atoms. The van der Waals surface area contributed by atoms with E-state index in [-0.39, 0.29) is 5.91 Å². The van der Waals surface area contributed by atoms with Crippen LogP contribution in [0.2, 0.25) is 0 Å². The van der Waals surface area contributed by atoms with Crippen molar-refractivity contribution in [3.05, 3.63) is 71.4 Å². The number of rotatable bonds is 2. The molecule has 1 atom stereocenters. The molecule has 0 saturated heterocycles. The summed E-state index contributed by atoms with van der Waals surface area (Å²) in [7, 11) is 0. The summed E-state index contributed by atoms with van der Waals surface area (Å²) < 4.78 is 1.69. The minimum Gasteiger partial charge on any atom is -0.384 e. The van der Waals surface area contributed by atoms with Crippen LogP contribution in [-0.2, 0) is 6.54 Å². The predicted octanol–water partition coefficient (Wildman–Crippen LogP) is 2.47. The highest BCUT2D eigenvalue weighted by Gasteiger charge is 2.21. The molecule has 3 aromatic rings. The number of aromatic nitrogens is 1. The van der Waals surface area contributed by atoms with Crippen molar-refractivity contribution in [2.24, 2.45) is 0 Å². The molecular formula is C18H16N2O2. The molecule has 2 N–H and O–H groups in total. The van der Waals surface area contributed by atoms with Crippen LogP contribution < -0.4 is 5.32 Å². The minimum atomic E-state index is -0.697. The Morgan fingerprint density at radius 2 is 1.86 bits per heavy atom. The number of carbonyl (C=O) groups excluding carboxylic acids is 1. The van der Waals surface area contributed by atoms with Crippen LogP contribution in [0.1, 0.15) is 27.6 Å². The third kappa shape index (κ3) is 1.96. The Bertz CT molecular complexity index is 852. The van der Waals surface area contributed by atoms with Crippen LogP contribution in [0.15, 0.2) is 54.7 Å². The SMILES string of the molecule is O=C1CNCc2ccc(C(O)c3ccccc3)c3ccn1c23. The number of nitrogens with one attached hydrogen (secondary N) is 1. The molecule has 4 nitrogen and oxygen atoms in total. The summed E-state index contributed by atoms with van der Waals surface area (Å²) in [5, 5.41) is 14.8. The highest BCUT2D eigenvalue weighted by Crippen LogP contribution is 2.32. The summed E-state index contributed by atoms with van der Waals surface area (Å²) >= 11 is 0. The number of aliphatic hydroxyl groups excluding tert-OH is 1. The molecule has 0 aliphatic carbocycles. The average molecular weight is 292 g/mol. The van der Waals surface area contributed by atoms with Gasteiger partial charge in [-0.3, -0.25) is 9.36 Å². The van der Waals surface area contributed by atoms with Gasteiger partial charge >= 0.3 is 0 Å². The monoisotopic (exact) mass is 292 g/mol. The molecule has 1 aliphatic rings. The van der Waals surface area contributed by atoms with Gasteiger partial charge < -0.3 is 10.4 Å². The average Bonchev–Trinajstić information content (AvgIpc) is 2.93. The molecule has 0 amide bonds. The van der Waals surface area contributed by atoms with E-state index in [9.17, 15) is 9.90 Å². The van der Waals surface area contributed by atoms with Gasteiger partial charge in [-0.15, -0.1) is 0 Å². The van der Waals surface area contributed by atoms with E-state index in [2.05, 4.69) is 5.32 Å². The lowest BCUT2D eigenvalue weighted by Crippen LogP contribution is -2.23. The van der Waals surface area contributed by atoms with Gasteiger partial charge in [0.1, 0.15) is 6.10 Å². The molecule has 0 radical (unpaired) electrons. The van der Waals surface area contributed by atoms with E-state index in [4.69, 9.17) is 0 Å². The van der Waals surface area contributed by atoms with Crippen LogP contribution in [0.3, 0.4) is 0 Å². The van der Waals surface area contributed by atoms with Crippen molar-refractivity contribution in [1.29, 1.82) is 0 Å². The van der Waals surface area contributed by atoms with Crippen molar-refractivity contribution in [2.75, 3.05) is 6.54 Å². The van der Waals surface area contributed by atoms with Crippen molar-refractivity contribution < 1.29 is 9.90 Å².